The fourth-order valence-corrected chi connectivity index (χ4v) is 1.23. The van der Waals surface area contributed by atoms with E-state index in [-0.39, 0.29) is 12.7 Å². The normalized spacial score (nSPS) is 12.5. The minimum atomic E-state index is -0.404. The third kappa shape index (κ3) is 7.43. The number of hydrogen-bond donors (Lipinski definition) is 0. The highest BCUT2D eigenvalue weighted by molar-refractivity contribution is 5.81. The molecule has 0 saturated heterocycles. The highest BCUT2D eigenvalue weighted by atomic mass is 16.6. The Kier molecular flexibility index (Phi) is 8.85. The van der Waals surface area contributed by atoms with Gasteiger partial charge in [-0.3, -0.25) is 0 Å². The maximum absolute atomic E-state index is 10.8. The summed E-state index contributed by atoms with van der Waals surface area (Å²) in [6.45, 7) is 13.4. The van der Waals surface area contributed by atoms with Gasteiger partial charge in [0.25, 0.3) is 0 Å². The van der Waals surface area contributed by atoms with Crippen LogP contribution in [0.1, 0.15) is 20.8 Å². The van der Waals surface area contributed by atoms with E-state index in [0.717, 1.165) is 25.7 Å². The van der Waals surface area contributed by atoms with Crippen LogP contribution in [0.2, 0.25) is 0 Å². The Labute approximate surface area is 98.2 Å². The van der Waals surface area contributed by atoms with E-state index in [1.54, 1.807) is 0 Å². The van der Waals surface area contributed by atoms with E-state index in [9.17, 15) is 4.79 Å². The van der Waals surface area contributed by atoms with Crippen LogP contribution in [0.25, 0.3) is 0 Å². The van der Waals surface area contributed by atoms with Gasteiger partial charge in [0.2, 0.25) is 0 Å². The Morgan fingerprint density at radius 2 is 2.06 bits per heavy atom. The lowest BCUT2D eigenvalue weighted by Gasteiger charge is -2.19. The van der Waals surface area contributed by atoms with Gasteiger partial charge in [0, 0.05) is 12.6 Å². The smallest absolute Gasteiger partial charge is 0.330 e. The van der Waals surface area contributed by atoms with Gasteiger partial charge in [0.05, 0.1) is 12.7 Å². The number of nitrogens with zero attached hydrogens (tertiary/aromatic N) is 1. The number of rotatable bonds is 9. The molecule has 4 nitrogen and oxygen atoms in total. The molecule has 94 valence electrons. The van der Waals surface area contributed by atoms with Crippen LogP contribution >= 0.6 is 0 Å². The lowest BCUT2D eigenvalue weighted by atomic mass is 10.4. The lowest BCUT2D eigenvalue weighted by Crippen LogP contribution is -2.29. The van der Waals surface area contributed by atoms with E-state index >= 15 is 0 Å². The van der Waals surface area contributed by atoms with Crippen molar-refractivity contribution < 1.29 is 14.3 Å². The van der Waals surface area contributed by atoms with Crippen LogP contribution in [0.15, 0.2) is 12.7 Å². The van der Waals surface area contributed by atoms with Gasteiger partial charge >= 0.3 is 5.97 Å². The molecule has 0 heterocycles. The molecule has 0 rings (SSSR count). The zero-order chi connectivity index (χ0) is 12.4. The van der Waals surface area contributed by atoms with E-state index in [4.69, 9.17) is 9.47 Å². The van der Waals surface area contributed by atoms with Crippen molar-refractivity contribution in [2.45, 2.75) is 26.9 Å². The molecule has 0 aromatic heterocycles. The number of carbonyl (C=O) groups excluding carboxylic acids is 1. The first-order chi connectivity index (χ1) is 7.63. The molecule has 0 aromatic rings. The van der Waals surface area contributed by atoms with Crippen molar-refractivity contribution in [3.8, 4) is 0 Å². The molecule has 0 radical (unpaired) electrons. The molecular weight excluding hydrogens is 206 g/mol. The minimum Gasteiger partial charge on any atom is -0.460 e. The number of carbonyl (C=O) groups is 1. The first kappa shape index (κ1) is 15.1. The van der Waals surface area contributed by atoms with Crippen molar-refractivity contribution in [1.82, 2.24) is 4.90 Å². The summed E-state index contributed by atoms with van der Waals surface area (Å²) < 4.78 is 10.4. The van der Waals surface area contributed by atoms with Gasteiger partial charge in [-0.25, -0.2) is 4.79 Å². The van der Waals surface area contributed by atoms with E-state index in [0.29, 0.717) is 6.61 Å². The molecule has 4 heteroatoms. The van der Waals surface area contributed by atoms with Crippen LogP contribution < -0.4 is 0 Å². The standard InChI is InChI=1S/C12H23NO3/c1-5-12(14)16-10-11(4)15-9-8-13(6-2)7-3/h5,11H,1,6-10H2,2-4H3. The molecule has 0 aliphatic heterocycles. The van der Waals surface area contributed by atoms with Crippen LogP contribution in [0.5, 0.6) is 0 Å². The zero-order valence-corrected chi connectivity index (χ0v) is 10.6. The fourth-order valence-electron chi connectivity index (χ4n) is 1.23. The van der Waals surface area contributed by atoms with Gasteiger partial charge < -0.3 is 14.4 Å². The molecule has 16 heavy (non-hydrogen) atoms. The van der Waals surface area contributed by atoms with Gasteiger partial charge in [0.15, 0.2) is 0 Å². The Hall–Kier alpha value is -0.870. The molecular formula is C12H23NO3. The molecule has 0 aliphatic rings. The average Bonchev–Trinajstić information content (AvgIpc) is 2.31. The zero-order valence-electron chi connectivity index (χ0n) is 10.6. The predicted molar refractivity (Wildman–Crippen MR) is 64.4 cm³/mol. The molecule has 0 amide bonds. The van der Waals surface area contributed by atoms with E-state index in [1.165, 1.54) is 0 Å². The molecule has 0 aromatic carbocycles. The summed E-state index contributed by atoms with van der Waals surface area (Å²) in [6.07, 6.45) is 1.09. The molecule has 1 atom stereocenters. The third-order valence-corrected chi connectivity index (χ3v) is 2.33. The summed E-state index contributed by atoms with van der Waals surface area (Å²) in [5.41, 5.74) is 0. The topological polar surface area (TPSA) is 38.8 Å². The van der Waals surface area contributed by atoms with E-state index < -0.39 is 5.97 Å². The Balaban J connectivity index is 3.53. The van der Waals surface area contributed by atoms with Crippen molar-refractivity contribution in [3.63, 3.8) is 0 Å². The second-order valence-corrected chi connectivity index (χ2v) is 3.54. The summed E-state index contributed by atoms with van der Waals surface area (Å²) >= 11 is 0. The monoisotopic (exact) mass is 229 g/mol. The Morgan fingerprint density at radius 3 is 2.56 bits per heavy atom. The van der Waals surface area contributed by atoms with Gasteiger partial charge in [-0.1, -0.05) is 20.4 Å². The van der Waals surface area contributed by atoms with Gasteiger partial charge in [-0.15, -0.1) is 0 Å². The maximum atomic E-state index is 10.8. The Morgan fingerprint density at radius 1 is 1.44 bits per heavy atom. The summed E-state index contributed by atoms with van der Waals surface area (Å²) in [5.74, 6) is -0.404. The largest absolute Gasteiger partial charge is 0.460 e. The van der Waals surface area contributed by atoms with Gasteiger partial charge in [-0.2, -0.15) is 0 Å². The second-order valence-electron chi connectivity index (χ2n) is 3.54. The lowest BCUT2D eigenvalue weighted by molar-refractivity contribution is -0.141. The van der Waals surface area contributed by atoms with Crippen LogP contribution in [-0.4, -0.2) is 49.8 Å². The van der Waals surface area contributed by atoms with Crippen molar-refractivity contribution in [1.29, 1.82) is 0 Å². The Bertz CT molecular complexity index is 202. The van der Waals surface area contributed by atoms with Crippen molar-refractivity contribution in [2.24, 2.45) is 0 Å². The second kappa shape index (κ2) is 9.36. The highest BCUT2D eigenvalue weighted by Gasteiger charge is 2.06. The number of esters is 1. The van der Waals surface area contributed by atoms with Crippen LogP contribution in [0, 0.1) is 0 Å². The van der Waals surface area contributed by atoms with Crippen LogP contribution in [0.4, 0.5) is 0 Å². The molecule has 0 spiro atoms. The molecule has 0 aliphatic carbocycles. The first-order valence-electron chi connectivity index (χ1n) is 5.77. The van der Waals surface area contributed by atoms with Gasteiger partial charge in [-0.05, 0) is 20.0 Å². The average molecular weight is 229 g/mol. The molecule has 0 N–H and O–H groups in total. The predicted octanol–water partition coefficient (Wildman–Crippen LogP) is 1.46. The molecule has 0 bridgehead atoms. The molecule has 0 fully saturated rings. The van der Waals surface area contributed by atoms with Crippen molar-refractivity contribution in [2.75, 3.05) is 32.8 Å². The summed E-state index contributed by atoms with van der Waals surface area (Å²) in [6, 6.07) is 0. The van der Waals surface area contributed by atoms with Crippen LogP contribution in [0.3, 0.4) is 0 Å². The minimum absolute atomic E-state index is 0.0699. The van der Waals surface area contributed by atoms with Crippen molar-refractivity contribution in [3.05, 3.63) is 12.7 Å². The fraction of sp³-hybridized carbons (Fsp3) is 0.750. The summed E-state index contributed by atoms with van der Waals surface area (Å²) in [7, 11) is 0. The number of hydrogen-bond acceptors (Lipinski definition) is 4. The SMILES string of the molecule is C=CC(=O)OCC(C)OCCN(CC)CC. The third-order valence-electron chi connectivity index (χ3n) is 2.33. The molecule has 1 unspecified atom stereocenters. The number of ether oxygens (including phenoxy) is 2. The molecule has 0 saturated carbocycles. The first-order valence-corrected chi connectivity index (χ1v) is 5.77. The van der Waals surface area contributed by atoms with Crippen LogP contribution in [-0.2, 0) is 14.3 Å². The highest BCUT2D eigenvalue weighted by Crippen LogP contribution is 1.94. The summed E-state index contributed by atoms with van der Waals surface area (Å²) in [4.78, 5) is 13.1. The van der Waals surface area contributed by atoms with Gasteiger partial charge in [0.1, 0.15) is 6.61 Å². The summed E-state index contributed by atoms with van der Waals surface area (Å²) in [5, 5.41) is 0. The maximum Gasteiger partial charge on any atom is 0.330 e. The van der Waals surface area contributed by atoms with E-state index in [1.807, 2.05) is 6.92 Å². The quantitative estimate of drug-likeness (QED) is 0.443. The van der Waals surface area contributed by atoms with E-state index in [2.05, 4.69) is 25.3 Å². The van der Waals surface area contributed by atoms with Crippen molar-refractivity contribution >= 4 is 5.97 Å². The number of likely N-dealkylation sites (N-methyl/N-ethyl adjacent to an activating group) is 1.